The third-order valence-corrected chi connectivity index (χ3v) is 5.82. The Morgan fingerprint density at radius 1 is 0.786 bits per heavy atom. The van der Waals surface area contributed by atoms with Crippen LogP contribution in [0.25, 0.3) is 0 Å². The van der Waals surface area contributed by atoms with Crippen molar-refractivity contribution >= 4 is 17.3 Å². The van der Waals surface area contributed by atoms with Crippen molar-refractivity contribution in [2.24, 2.45) is 0 Å². The average Bonchev–Trinajstić information content (AvgIpc) is 2.79. The van der Waals surface area contributed by atoms with Crippen LogP contribution in [0.4, 0.5) is 11.4 Å². The third kappa shape index (κ3) is 4.08. The summed E-state index contributed by atoms with van der Waals surface area (Å²) in [5, 5.41) is 0. The first-order chi connectivity index (χ1) is 13.7. The molecule has 5 heteroatoms. The lowest BCUT2D eigenvalue weighted by atomic mass is 10.1. The van der Waals surface area contributed by atoms with Gasteiger partial charge in [-0.2, -0.15) is 0 Å². The number of piperazine rings is 1. The summed E-state index contributed by atoms with van der Waals surface area (Å²) < 4.78 is 5.24. The predicted octanol–water partition coefficient (Wildman–Crippen LogP) is 3.65. The minimum atomic E-state index is 0.0824. The Morgan fingerprint density at radius 2 is 1.39 bits per heavy atom. The topological polar surface area (TPSA) is 36.0 Å². The summed E-state index contributed by atoms with van der Waals surface area (Å²) in [6.07, 6.45) is 3.95. The number of anilines is 2. The summed E-state index contributed by atoms with van der Waals surface area (Å²) in [4.78, 5) is 19.6. The van der Waals surface area contributed by atoms with E-state index in [1.165, 1.54) is 43.7 Å². The molecule has 0 aromatic heterocycles. The van der Waals surface area contributed by atoms with E-state index >= 15 is 0 Å². The molecule has 0 atom stereocenters. The molecule has 2 aromatic rings. The van der Waals surface area contributed by atoms with E-state index < -0.39 is 0 Å². The highest BCUT2D eigenvalue weighted by Crippen LogP contribution is 2.25. The van der Waals surface area contributed by atoms with E-state index in [2.05, 4.69) is 34.1 Å². The molecule has 2 aliphatic rings. The molecule has 2 saturated heterocycles. The van der Waals surface area contributed by atoms with Crippen LogP contribution in [0, 0.1) is 0 Å². The second kappa shape index (κ2) is 8.55. The number of carbonyl (C=O) groups is 1. The van der Waals surface area contributed by atoms with Crippen LogP contribution in [0.15, 0.2) is 48.5 Å². The van der Waals surface area contributed by atoms with E-state index in [1.54, 1.807) is 7.11 Å². The van der Waals surface area contributed by atoms with Gasteiger partial charge in [-0.25, -0.2) is 0 Å². The van der Waals surface area contributed by atoms with Gasteiger partial charge >= 0.3 is 0 Å². The molecule has 2 aliphatic heterocycles. The number of hydrogen-bond acceptors (Lipinski definition) is 4. The van der Waals surface area contributed by atoms with Crippen LogP contribution in [0.2, 0.25) is 0 Å². The monoisotopic (exact) mass is 379 g/mol. The van der Waals surface area contributed by atoms with Gasteiger partial charge in [0.1, 0.15) is 5.75 Å². The maximum Gasteiger partial charge on any atom is 0.254 e. The standard InChI is InChI=1S/C23H29N3O2/c1-28-22-7-5-6-19(18-22)23(27)26-16-14-25(15-17-26)21-10-8-20(9-11-21)24-12-3-2-4-13-24/h5-11,18H,2-4,12-17H2,1H3. The molecule has 5 nitrogen and oxygen atoms in total. The number of amides is 1. The first-order valence-electron chi connectivity index (χ1n) is 10.3. The van der Waals surface area contributed by atoms with Gasteiger partial charge in [0.2, 0.25) is 0 Å². The third-order valence-electron chi connectivity index (χ3n) is 5.82. The van der Waals surface area contributed by atoms with Crippen LogP contribution in [0.3, 0.4) is 0 Å². The Kier molecular flexibility index (Phi) is 5.70. The zero-order valence-corrected chi connectivity index (χ0v) is 16.6. The Bertz CT molecular complexity index is 792. The fraction of sp³-hybridized carbons (Fsp3) is 0.435. The zero-order chi connectivity index (χ0) is 19.3. The summed E-state index contributed by atoms with van der Waals surface area (Å²) >= 11 is 0. The maximum atomic E-state index is 12.8. The average molecular weight is 380 g/mol. The van der Waals surface area contributed by atoms with E-state index in [-0.39, 0.29) is 5.91 Å². The molecule has 0 N–H and O–H groups in total. The van der Waals surface area contributed by atoms with Gasteiger partial charge in [-0.05, 0) is 61.7 Å². The van der Waals surface area contributed by atoms with Gasteiger partial charge in [0, 0.05) is 56.2 Å². The van der Waals surface area contributed by atoms with Gasteiger partial charge in [-0.15, -0.1) is 0 Å². The van der Waals surface area contributed by atoms with Crippen molar-refractivity contribution in [3.05, 3.63) is 54.1 Å². The van der Waals surface area contributed by atoms with Crippen LogP contribution in [-0.4, -0.2) is 57.2 Å². The van der Waals surface area contributed by atoms with Crippen molar-refractivity contribution in [2.45, 2.75) is 19.3 Å². The van der Waals surface area contributed by atoms with E-state index in [4.69, 9.17) is 4.74 Å². The fourth-order valence-corrected chi connectivity index (χ4v) is 4.13. The molecular weight excluding hydrogens is 350 g/mol. The molecule has 0 radical (unpaired) electrons. The number of ether oxygens (including phenoxy) is 1. The first kappa shape index (κ1) is 18.7. The normalized spacial score (nSPS) is 17.5. The molecule has 0 saturated carbocycles. The largest absolute Gasteiger partial charge is 0.497 e. The maximum absolute atomic E-state index is 12.8. The van der Waals surface area contributed by atoms with Crippen molar-refractivity contribution in [2.75, 3.05) is 56.2 Å². The van der Waals surface area contributed by atoms with Gasteiger partial charge in [-0.1, -0.05) is 6.07 Å². The number of nitrogens with zero attached hydrogens (tertiary/aromatic N) is 3. The van der Waals surface area contributed by atoms with Crippen molar-refractivity contribution in [3.63, 3.8) is 0 Å². The lowest BCUT2D eigenvalue weighted by molar-refractivity contribution is 0.0746. The van der Waals surface area contributed by atoms with Crippen LogP contribution in [0.1, 0.15) is 29.6 Å². The summed E-state index contributed by atoms with van der Waals surface area (Å²) in [7, 11) is 1.62. The molecule has 0 spiro atoms. The van der Waals surface area contributed by atoms with Crippen LogP contribution in [-0.2, 0) is 0 Å². The predicted molar refractivity (Wildman–Crippen MR) is 114 cm³/mol. The summed E-state index contributed by atoms with van der Waals surface area (Å²) in [6, 6.07) is 16.3. The van der Waals surface area contributed by atoms with Gasteiger partial charge in [0.05, 0.1) is 7.11 Å². The van der Waals surface area contributed by atoms with Crippen molar-refractivity contribution in [1.29, 1.82) is 0 Å². The second-order valence-corrected chi connectivity index (χ2v) is 7.58. The molecule has 2 aromatic carbocycles. The molecule has 28 heavy (non-hydrogen) atoms. The Balaban J connectivity index is 1.35. The minimum absolute atomic E-state index is 0.0824. The number of rotatable bonds is 4. The highest BCUT2D eigenvalue weighted by Gasteiger charge is 2.23. The van der Waals surface area contributed by atoms with E-state index in [1.807, 2.05) is 29.2 Å². The van der Waals surface area contributed by atoms with Crippen LogP contribution < -0.4 is 14.5 Å². The molecule has 1 amide bonds. The zero-order valence-electron chi connectivity index (χ0n) is 16.6. The van der Waals surface area contributed by atoms with Crippen LogP contribution in [0.5, 0.6) is 5.75 Å². The fourth-order valence-electron chi connectivity index (χ4n) is 4.13. The molecule has 2 fully saturated rings. The Morgan fingerprint density at radius 3 is 2.00 bits per heavy atom. The minimum Gasteiger partial charge on any atom is -0.497 e. The van der Waals surface area contributed by atoms with Crippen molar-refractivity contribution < 1.29 is 9.53 Å². The summed E-state index contributed by atoms with van der Waals surface area (Å²) in [6.45, 7) is 5.54. The number of hydrogen-bond donors (Lipinski definition) is 0. The van der Waals surface area contributed by atoms with Crippen molar-refractivity contribution in [3.8, 4) is 5.75 Å². The summed E-state index contributed by atoms with van der Waals surface area (Å²) in [5.74, 6) is 0.803. The van der Waals surface area contributed by atoms with Gasteiger partial charge in [0.25, 0.3) is 5.91 Å². The van der Waals surface area contributed by atoms with E-state index in [9.17, 15) is 4.79 Å². The first-order valence-corrected chi connectivity index (χ1v) is 10.3. The number of carbonyl (C=O) groups excluding carboxylic acids is 1. The van der Waals surface area contributed by atoms with E-state index in [0.717, 1.165) is 31.9 Å². The quantitative estimate of drug-likeness (QED) is 0.812. The van der Waals surface area contributed by atoms with Crippen molar-refractivity contribution in [1.82, 2.24) is 4.90 Å². The smallest absolute Gasteiger partial charge is 0.254 e. The van der Waals surface area contributed by atoms with E-state index in [0.29, 0.717) is 5.56 Å². The highest BCUT2D eigenvalue weighted by atomic mass is 16.5. The number of benzene rings is 2. The molecule has 148 valence electrons. The van der Waals surface area contributed by atoms with Crippen LogP contribution >= 0.6 is 0 Å². The molecule has 0 unspecified atom stereocenters. The van der Waals surface area contributed by atoms with Gasteiger partial charge < -0.3 is 19.4 Å². The highest BCUT2D eigenvalue weighted by molar-refractivity contribution is 5.94. The Labute approximate surface area is 167 Å². The lowest BCUT2D eigenvalue weighted by Gasteiger charge is -2.36. The molecule has 0 bridgehead atoms. The number of methoxy groups -OCH3 is 1. The number of piperidine rings is 1. The van der Waals surface area contributed by atoms with Gasteiger partial charge in [-0.3, -0.25) is 4.79 Å². The molecule has 0 aliphatic carbocycles. The second-order valence-electron chi connectivity index (χ2n) is 7.58. The molecular formula is C23H29N3O2. The lowest BCUT2D eigenvalue weighted by Crippen LogP contribution is -2.48. The summed E-state index contributed by atoms with van der Waals surface area (Å²) in [5.41, 5.74) is 3.27. The molecule has 4 rings (SSSR count). The SMILES string of the molecule is COc1cccc(C(=O)N2CCN(c3ccc(N4CCCCC4)cc3)CC2)c1. The van der Waals surface area contributed by atoms with Gasteiger partial charge in [0.15, 0.2) is 0 Å². The molecule has 2 heterocycles. The Hall–Kier alpha value is -2.69.